The zero-order valence-corrected chi connectivity index (χ0v) is 10.7. The molecule has 2 heterocycles. The lowest BCUT2D eigenvalue weighted by Crippen LogP contribution is -2.27. The molecule has 1 aromatic rings. The van der Waals surface area contributed by atoms with Crippen LogP contribution in [-0.4, -0.2) is 29.0 Å². The number of anilines is 1. The van der Waals surface area contributed by atoms with Crippen molar-refractivity contribution in [2.24, 2.45) is 4.99 Å². The number of nitrogens with one attached hydrogen (secondary N) is 2. The Labute approximate surface area is 102 Å². The van der Waals surface area contributed by atoms with Crippen LogP contribution in [0.25, 0.3) is 0 Å². The molecule has 92 valence electrons. The molecule has 0 saturated carbocycles. The molecule has 1 aromatic heterocycles. The minimum atomic E-state index is 0.816. The van der Waals surface area contributed by atoms with Gasteiger partial charge in [-0.15, -0.1) is 0 Å². The van der Waals surface area contributed by atoms with Gasteiger partial charge in [0.15, 0.2) is 5.96 Å². The molecule has 0 unspecified atom stereocenters. The minimum absolute atomic E-state index is 0.816. The molecular weight excluding hydrogens is 214 g/mol. The van der Waals surface area contributed by atoms with Crippen LogP contribution in [-0.2, 0) is 12.8 Å². The smallest absolute Gasteiger partial charge is 0.197 e. The minimum Gasteiger partial charge on any atom is -0.354 e. The number of hydrogen-bond donors (Lipinski definition) is 2. The van der Waals surface area contributed by atoms with Gasteiger partial charge in [-0.3, -0.25) is 4.99 Å². The second-order valence-corrected chi connectivity index (χ2v) is 4.05. The van der Waals surface area contributed by atoms with E-state index in [9.17, 15) is 0 Å². The number of nitrogens with zero attached hydrogens (tertiary/aromatic N) is 3. The fourth-order valence-corrected chi connectivity index (χ4v) is 1.83. The van der Waals surface area contributed by atoms with Crippen LogP contribution < -0.4 is 10.6 Å². The van der Waals surface area contributed by atoms with Crippen molar-refractivity contribution in [3.63, 3.8) is 0 Å². The average molecular weight is 233 g/mol. The van der Waals surface area contributed by atoms with Crippen molar-refractivity contribution >= 4 is 11.8 Å². The molecule has 0 bridgehead atoms. The van der Waals surface area contributed by atoms with Gasteiger partial charge >= 0.3 is 0 Å². The van der Waals surface area contributed by atoms with Crippen molar-refractivity contribution in [1.29, 1.82) is 0 Å². The quantitative estimate of drug-likeness (QED) is 0.825. The summed E-state index contributed by atoms with van der Waals surface area (Å²) in [6.07, 6.45) is 1.78. The second kappa shape index (κ2) is 5.12. The molecule has 0 spiro atoms. The Morgan fingerprint density at radius 2 is 2.06 bits per heavy atom. The van der Waals surface area contributed by atoms with Crippen LogP contribution in [0.3, 0.4) is 0 Å². The van der Waals surface area contributed by atoms with Gasteiger partial charge in [-0.25, -0.2) is 9.97 Å². The predicted octanol–water partition coefficient (Wildman–Crippen LogP) is 1.28. The van der Waals surface area contributed by atoms with Crippen LogP contribution >= 0.6 is 0 Å². The molecular formula is C12H19N5. The van der Waals surface area contributed by atoms with Gasteiger partial charge in [0.2, 0.25) is 0 Å². The van der Waals surface area contributed by atoms with E-state index < -0.39 is 0 Å². The monoisotopic (exact) mass is 233 g/mol. The van der Waals surface area contributed by atoms with E-state index in [1.165, 1.54) is 0 Å². The van der Waals surface area contributed by atoms with Crippen LogP contribution in [0.2, 0.25) is 0 Å². The number of rotatable bonds is 3. The molecule has 0 aliphatic carbocycles. The van der Waals surface area contributed by atoms with Crippen molar-refractivity contribution < 1.29 is 0 Å². The summed E-state index contributed by atoms with van der Waals surface area (Å²) in [5.74, 6) is 2.58. The molecule has 17 heavy (non-hydrogen) atoms. The fourth-order valence-electron chi connectivity index (χ4n) is 1.83. The van der Waals surface area contributed by atoms with Crippen LogP contribution in [0.4, 0.5) is 5.82 Å². The summed E-state index contributed by atoms with van der Waals surface area (Å²) in [6, 6.07) is 0. The van der Waals surface area contributed by atoms with Gasteiger partial charge in [0.05, 0.1) is 6.54 Å². The van der Waals surface area contributed by atoms with Crippen LogP contribution in [0.15, 0.2) is 4.99 Å². The highest BCUT2D eigenvalue weighted by molar-refractivity contribution is 5.94. The Morgan fingerprint density at radius 1 is 1.24 bits per heavy atom. The average Bonchev–Trinajstić information content (AvgIpc) is 2.84. The first kappa shape index (κ1) is 11.8. The first-order valence-corrected chi connectivity index (χ1v) is 6.16. The highest BCUT2D eigenvalue weighted by atomic mass is 15.2. The topological polar surface area (TPSA) is 62.2 Å². The van der Waals surface area contributed by atoms with Gasteiger partial charge in [-0.1, -0.05) is 13.8 Å². The molecule has 0 radical (unpaired) electrons. The van der Waals surface area contributed by atoms with E-state index in [0.29, 0.717) is 0 Å². The summed E-state index contributed by atoms with van der Waals surface area (Å²) in [5, 5.41) is 6.43. The summed E-state index contributed by atoms with van der Waals surface area (Å²) in [7, 11) is 0. The van der Waals surface area contributed by atoms with Crippen LogP contribution in [0.1, 0.15) is 30.9 Å². The number of guanidine groups is 1. The molecule has 5 heteroatoms. The van der Waals surface area contributed by atoms with Crippen LogP contribution in [0, 0.1) is 6.92 Å². The first-order valence-electron chi connectivity index (χ1n) is 6.16. The van der Waals surface area contributed by atoms with E-state index in [0.717, 1.165) is 54.8 Å². The standard InChI is InChI=1S/C12H19N5/c1-4-9-8(3)11(16-10(5-2)15-9)17-12-13-6-7-14-12/h4-7H2,1-3H3,(H2,13,14,15,16,17). The second-order valence-electron chi connectivity index (χ2n) is 4.05. The van der Waals surface area contributed by atoms with Gasteiger partial charge < -0.3 is 10.6 Å². The van der Waals surface area contributed by atoms with E-state index in [4.69, 9.17) is 0 Å². The Kier molecular flexibility index (Phi) is 3.56. The predicted molar refractivity (Wildman–Crippen MR) is 69.5 cm³/mol. The maximum atomic E-state index is 4.53. The molecule has 5 nitrogen and oxygen atoms in total. The summed E-state index contributed by atoms with van der Waals surface area (Å²) >= 11 is 0. The Balaban J connectivity index is 2.30. The number of hydrogen-bond acceptors (Lipinski definition) is 5. The van der Waals surface area contributed by atoms with Crippen LogP contribution in [0.5, 0.6) is 0 Å². The lowest BCUT2D eigenvalue weighted by atomic mass is 10.2. The molecule has 0 aromatic carbocycles. The fraction of sp³-hybridized carbons (Fsp3) is 0.583. The van der Waals surface area contributed by atoms with Crippen molar-refractivity contribution in [2.75, 3.05) is 18.4 Å². The summed E-state index contributed by atoms with van der Waals surface area (Å²) in [5.41, 5.74) is 2.22. The number of aliphatic imine (C=N–C) groups is 1. The lowest BCUT2D eigenvalue weighted by molar-refractivity contribution is 0.876. The summed E-state index contributed by atoms with van der Waals surface area (Å²) in [6.45, 7) is 7.96. The van der Waals surface area contributed by atoms with Gasteiger partial charge in [-0.2, -0.15) is 0 Å². The zero-order valence-electron chi connectivity index (χ0n) is 10.7. The van der Waals surface area contributed by atoms with Crippen molar-refractivity contribution in [1.82, 2.24) is 15.3 Å². The SMILES string of the molecule is CCc1nc(CC)c(C)c(NC2=NCCN2)n1. The maximum absolute atomic E-state index is 4.53. The molecule has 2 rings (SSSR count). The third kappa shape index (κ3) is 2.54. The van der Waals surface area contributed by atoms with Crippen molar-refractivity contribution in [3.05, 3.63) is 17.1 Å². The highest BCUT2D eigenvalue weighted by Gasteiger charge is 2.12. The maximum Gasteiger partial charge on any atom is 0.197 e. The van der Waals surface area contributed by atoms with Gasteiger partial charge in [0.25, 0.3) is 0 Å². The molecule has 1 aliphatic heterocycles. The number of aryl methyl sites for hydroxylation is 2. The molecule has 1 aliphatic rings. The lowest BCUT2D eigenvalue weighted by Gasteiger charge is -2.12. The third-order valence-corrected chi connectivity index (χ3v) is 2.86. The molecule has 0 fully saturated rings. The summed E-state index contributed by atoms with van der Waals surface area (Å²) in [4.78, 5) is 13.4. The van der Waals surface area contributed by atoms with E-state index in [2.05, 4.69) is 46.4 Å². The van der Waals surface area contributed by atoms with Crippen molar-refractivity contribution in [3.8, 4) is 0 Å². The normalized spacial score (nSPS) is 14.4. The third-order valence-electron chi connectivity index (χ3n) is 2.86. The van der Waals surface area contributed by atoms with Crippen molar-refractivity contribution in [2.45, 2.75) is 33.6 Å². The largest absolute Gasteiger partial charge is 0.354 e. The molecule has 2 N–H and O–H groups in total. The van der Waals surface area contributed by atoms with Gasteiger partial charge in [0.1, 0.15) is 11.6 Å². The van der Waals surface area contributed by atoms with E-state index in [1.54, 1.807) is 0 Å². The first-order chi connectivity index (χ1) is 8.24. The Hall–Kier alpha value is -1.65. The van der Waals surface area contributed by atoms with Gasteiger partial charge in [-0.05, 0) is 13.3 Å². The Bertz CT molecular complexity index is 439. The molecule has 0 atom stereocenters. The highest BCUT2D eigenvalue weighted by Crippen LogP contribution is 2.16. The molecule has 0 amide bonds. The number of aromatic nitrogens is 2. The van der Waals surface area contributed by atoms with E-state index in [1.807, 2.05) is 0 Å². The molecule has 0 saturated heterocycles. The van der Waals surface area contributed by atoms with Gasteiger partial charge in [0, 0.05) is 24.2 Å². The summed E-state index contributed by atoms with van der Waals surface area (Å²) < 4.78 is 0. The van der Waals surface area contributed by atoms with E-state index in [-0.39, 0.29) is 0 Å². The zero-order chi connectivity index (χ0) is 12.3. The Morgan fingerprint density at radius 3 is 2.65 bits per heavy atom. The van der Waals surface area contributed by atoms with E-state index >= 15 is 0 Å².